The number of hydrogen-bond acceptors (Lipinski definition) is 5. The monoisotopic (exact) mass is 402 g/mol. The number of rotatable bonds is 5. The first kappa shape index (κ1) is 19.0. The number of aromatic nitrogens is 1. The van der Waals surface area contributed by atoms with Gasteiger partial charge in [0.05, 0.1) is 17.3 Å². The Morgan fingerprint density at radius 2 is 2.12 bits per heavy atom. The van der Waals surface area contributed by atoms with E-state index in [1.165, 1.54) is 28.8 Å². The largest absolute Gasteiger partial charge is 0.430 e. The number of benzene rings is 1. The molecule has 0 fully saturated rings. The van der Waals surface area contributed by atoms with Crippen molar-refractivity contribution in [2.24, 2.45) is 0 Å². The molecule has 0 saturated heterocycles. The number of ether oxygens (including phenoxy) is 1. The lowest BCUT2D eigenvalue weighted by molar-refractivity contribution is -0.160. The summed E-state index contributed by atoms with van der Waals surface area (Å²) in [4.78, 5) is 18.4. The Balaban J connectivity index is 1.89. The van der Waals surface area contributed by atoms with Crippen LogP contribution in [-0.4, -0.2) is 22.8 Å². The van der Waals surface area contributed by atoms with E-state index in [-0.39, 0.29) is 24.1 Å². The third kappa shape index (κ3) is 4.15. The van der Waals surface area contributed by atoms with Gasteiger partial charge in [0.15, 0.2) is 17.4 Å². The van der Waals surface area contributed by atoms with Gasteiger partial charge in [0.1, 0.15) is 4.21 Å². The van der Waals surface area contributed by atoms with E-state index in [4.69, 9.17) is 0 Å². The number of amides is 1. The summed E-state index contributed by atoms with van der Waals surface area (Å²) in [6.07, 6.45) is -3.49. The van der Waals surface area contributed by atoms with Crippen LogP contribution in [0.1, 0.15) is 37.3 Å². The predicted molar refractivity (Wildman–Crippen MR) is 95.8 cm³/mol. The van der Waals surface area contributed by atoms with Crippen LogP contribution < -0.4 is 9.64 Å². The highest BCUT2D eigenvalue weighted by molar-refractivity contribution is 8.02. The smallest absolute Gasteiger partial charge is 0.395 e. The maximum absolute atomic E-state index is 13.7. The summed E-state index contributed by atoms with van der Waals surface area (Å²) in [6.45, 7) is 4.70. The topological polar surface area (TPSA) is 42.4 Å². The van der Waals surface area contributed by atoms with Crippen LogP contribution in [0.4, 0.5) is 19.0 Å². The molecule has 0 atom stereocenters. The summed E-state index contributed by atoms with van der Waals surface area (Å²) in [5.74, 6) is -0.462. The standard InChI is InChI=1S/C17H17F3N2O2S2/c1-9(2)15-21-14-16(26-15)25-8-13(23)22(14)7-10-4-5-11(18)12(6-10)24-17(3,19)20/h4-6,9H,7-8H2,1-3H3. The number of hydrogen-bond donors (Lipinski definition) is 0. The average molecular weight is 402 g/mol. The zero-order valence-electron chi connectivity index (χ0n) is 14.4. The summed E-state index contributed by atoms with van der Waals surface area (Å²) in [6, 6.07) is 3.69. The SMILES string of the molecule is CC(C)c1nc2c(s1)SCC(=O)N2Cc1ccc(F)c(OC(C)(F)F)c1. The van der Waals surface area contributed by atoms with Gasteiger partial charge in [-0.25, -0.2) is 9.37 Å². The highest BCUT2D eigenvalue weighted by atomic mass is 32.2. The number of carbonyl (C=O) groups is 1. The molecule has 0 bridgehead atoms. The number of thiazole rings is 1. The lowest BCUT2D eigenvalue weighted by Gasteiger charge is -2.25. The molecule has 0 unspecified atom stereocenters. The van der Waals surface area contributed by atoms with E-state index >= 15 is 0 Å². The maximum atomic E-state index is 13.7. The predicted octanol–water partition coefficient (Wildman–Crippen LogP) is 5.04. The number of alkyl halides is 2. The molecule has 0 spiro atoms. The number of nitrogens with zero attached hydrogens (tertiary/aromatic N) is 2. The summed E-state index contributed by atoms with van der Waals surface area (Å²) >= 11 is 2.99. The van der Waals surface area contributed by atoms with E-state index in [0.717, 1.165) is 15.3 Å². The molecule has 0 aliphatic carbocycles. The Bertz CT molecular complexity index is 834. The van der Waals surface area contributed by atoms with Gasteiger partial charge >= 0.3 is 6.11 Å². The molecule has 26 heavy (non-hydrogen) atoms. The van der Waals surface area contributed by atoms with Crippen LogP contribution in [0.15, 0.2) is 22.4 Å². The molecule has 1 aromatic heterocycles. The minimum absolute atomic E-state index is 0.111. The molecule has 1 amide bonds. The van der Waals surface area contributed by atoms with Crippen molar-refractivity contribution in [2.75, 3.05) is 10.7 Å². The first-order valence-corrected chi connectivity index (χ1v) is 9.73. The molecule has 1 aliphatic heterocycles. The maximum Gasteiger partial charge on any atom is 0.395 e. The highest BCUT2D eigenvalue weighted by Gasteiger charge is 2.30. The molecule has 2 heterocycles. The van der Waals surface area contributed by atoms with Crippen molar-refractivity contribution >= 4 is 34.8 Å². The quantitative estimate of drug-likeness (QED) is 0.703. The zero-order chi connectivity index (χ0) is 19.1. The number of halogens is 3. The lowest BCUT2D eigenvalue weighted by Crippen LogP contribution is -2.34. The minimum atomic E-state index is -3.49. The molecule has 140 valence electrons. The molecular formula is C17H17F3N2O2S2. The Kier molecular flexibility index (Phi) is 5.21. The molecule has 4 nitrogen and oxygen atoms in total. The number of fused-ring (bicyclic) bond motifs is 1. The summed E-state index contributed by atoms with van der Waals surface area (Å²) in [5.41, 5.74) is 0.482. The van der Waals surface area contributed by atoms with Gasteiger partial charge in [0, 0.05) is 12.8 Å². The molecule has 0 saturated carbocycles. The van der Waals surface area contributed by atoms with Crippen LogP contribution >= 0.6 is 23.1 Å². The van der Waals surface area contributed by atoms with Gasteiger partial charge in [-0.2, -0.15) is 8.78 Å². The number of anilines is 1. The van der Waals surface area contributed by atoms with Crippen LogP contribution in [0, 0.1) is 5.82 Å². The van der Waals surface area contributed by atoms with Gasteiger partial charge in [-0.15, -0.1) is 23.1 Å². The summed E-state index contributed by atoms with van der Waals surface area (Å²) in [5, 5.41) is 0.927. The van der Waals surface area contributed by atoms with Crippen LogP contribution in [0.2, 0.25) is 0 Å². The summed E-state index contributed by atoms with van der Waals surface area (Å²) in [7, 11) is 0. The molecule has 0 N–H and O–H groups in total. The second-order valence-electron chi connectivity index (χ2n) is 6.26. The van der Waals surface area contributed by atoms with Crippen molar-refractivity contribution in [2.45, 2.75) is 43.6 Å². The van der Waals surface area contributed by atoms with E-state index in [1.807, 2.05) is 13.8 Å². The second-order valence-corrected chi connectivity index (χ2v) is 8.54. The fraction of sp³-hybridized carbons (Fsp3) is 0.412. The van der Waals surface area contributed by atoms with E-state index in [1.54, 1.807) is 11.3 Å². The van der Waals surface area contributed by atoms with Crippen molar-refractivity contribution in [3.63, 3.8) is 0 Å². The van der Waals surface area contributed by atoms with E-state index in [2.05, 4.69) is 9.72 Å². The van der Waals surface area contributed by atoms with E-state index in [0.29, 0.717) is 18.3 Å². The van der Waals surface area contributed by atoms with Crippen molar-refractivity contribution in [1.29, 1.82) is 0 Å². The molecule has 9 heteroatoms. The minimum Gasteiger partial charge on any atom is -0.430 e. The molecule has 1 aliphatic rings. The van der Waals surface area contributed by atoms with Crippen molar-refractivity contribution in [3.05, 3.63) is 34.6 Å². The first-order valence-electron chi connectivity index (χ1n) is 7.93. The van der Waals surface area contributed by atoms with E-state index in [9.17, 15) is 18.0 Å². The zero-order valence-corrected chi connectivity index (χ0v) is 16.0. The van der Waals surface area contributed by atoms with E-state index < -0.39 is 17.7 Å². The average Bonchev–Trinajstić information content (AvgIpc) is 2.96. The Labute approximate surface area is 157 Å². The molecule has 3 rings (SSSR count). The van der Waals surface area contributed by atoms with Crippen LogP contribution in [-0.2, 0) is 11.3 Å². The fourth-order valence-electron chi connectivity index (χ4n) is 2.41. The lowest BCUT2D eigenvalue weighted by atomic mass is 10.2. The Morgan fingerprint density at radius 3 is 2.77 bits per heavy atom. The Morgan fingerprint density at radius 1 is 1.38 bits per heavy atom. The third-order valence-electron chi connectivity index (χ3n) is 3.60. The van der Waals surface area contributed by atoms with Gasteiger partial charge in [0.2, 0.25) is 5.91 Å². The van der Waals surface area contributed by atoms with Gasteiger partial charge in [-0.05, 0) is 17.7 Å². The van der Waals surface area contributed by atoms with Crippen molar-refractivity contribution in [3.8, 4) is 5.75 Å². The van der Waals surface area contributed by atoms with Crippen LogP contribution in [0.5, 0.6) is 5.75 Å². The van der Waals surface area contributed by atoms with Crippen LogP contribution in [0.3, 0.4) is 0 Å². The number of carbonyl (C=O) groups excluding carboxylic acids is 1. The van der Waals surface area contributed by atoms with Gasteiger partial charge in [-0.3, -0.25) is 9.69 Å². The molecule has 1 aromatic carbocycles. The molecule has 2 aromatic rings. The highest BCUT2D eigenvalue weighted by Crippen LogP contribution is 2.42. The molecule has 0 radical (unpaired) electrons. The Hall–Kier alpha value is -1.74. The second kappa shape index (κ2) is 7.11. The number of thioether (sulfide) groups is 1. The van der Waals surface area contributed by atoms with Gasteiger partial charge < -0.3 is 4.74 Å². The first-order chi connectivity index (χ1) is 12.1. The van der Waals surface area contributed by atoms with Crippen molar-refractivity contribution in [1.82, 2.24) is 4.98 Å². The van der Waals surface area contributed by atoms with Crippen LogP contribution in [0.25, 0.3) is 0 Å². The van der Waals surface area contributed by atoms with Crippen molar-refractivity contribution < 1.29 is 22.7 Å². The molecular weight excluding hydrogens is 385 g/mol. The fourth-order valence-corrected chi connectivity index (χ4v) is 4.58. The normalized spacial score (nSPS) is 14.7. The van der Waals surface area contributed by atoms with Gasteiger partial charge in [-0.1, -0.05) is 19.9 Å². The van der Waals surface area contributed by atoms with Gasteiger partial charge in [0.25, 0.3) is 0 Å². The third-order valence-corrected chi connectivity index (χ3v) is 6.18. The summed E-state index contributed by atoms with van der Waals surface area (Å²) < 4.78 is 45.2.